The highest BCUT2D eigenvalue weighted by molar-refractivity contribution is 5.80. The maximum Gasteiger partial charge on any atom is 0.193 e. The molecule has 3 rings (SSSR count). The number of aromatic nitrogens is 1. The van der Waals surface area contributed by atoms with Crippen LogP contribution >= 0.6 is 0 Å². The fourth-order valence-corrected chi connectivity index (χ4v) is 3.66. The number of piperazine rings is 1. The van der Waals surface area contributed by atoms with Crippen LogP contribution < -0.4 is 10.2 Å². The highest BCUT2D eigenvalue weighted by atomic mass is 15.3. The minimum Gasteiger partial charge on any atom is -0.368 e. The second kappa shape index (κ2) is 8.89. The third-order valence-corrected chi connectivity index (χ3v) is 5.52. The topological polar surface area (TPSA) is 43.8 Å². The Kier molecular flexibility index (Phi) is 6.32. The molecular weight excluding hydrogens is 334 g/mol. The summed E-state index contributed by atoms with van der Waals surface area (Å²) >= 11 is 0. The normalized spacial score (nSPS) is 15.2. The average molecular weight is 366 g/mol. The highest BCUT2D eigenvalue weighted by Gasteiger charge is 2.20. The van der Waals surface area contributed by atoms with Crippen molar-refractivity contribution in [1.82, 2.24) is 15.2 Å². The van der Waals surface area contributed by atoms with Crippen molar-refractivity contribution in [2.24, 2.45) is 4.99 Å². The number of nitrogens with zero attached hydrogens (tertiary/aromatic N) is 4. The average Bonchev–Trinajstić information content (AvgIpc) is 2.69. The Morgan fingerprint density at radius 3 is 2.56 bits per heavy atom. The van der Waals surface area contributed by atoms with Gasteiger partial charge in [0.25, 0.3) is 0 Å². The van der Waals surface area contributed by atoms with Crippen LogP contribution in [-0.4, -0.2) is 55.6 Å². The molecule has 0 saturated carbocycles. The van der Waals surface area contributed by atoms with Gasteiger partial charge in [0.15, 0.2) is 5.96 Å². The van der Waals surface area contributed by atoms with Crippen LogP contribution in [0.25, 0.3) is 0 Å². The zero-order chi connectivity index (χ0) is 19.2. The third kappa shape index (κ3) is 4.59. The molecule has 2 heterocycles. The van der Waals surface area contributed by atoms with Crippen LogP contribution in [0.5, 0.6) is 0 Å². The second-order valence-corrected chi connectivity index (χ2v) is 7.22. The molecule has 0 radical (unpaired) electrons. The molecular formula is C22H31N5. The molecule has 2 aromatic rings. The molecule has 1 aromatic heterocycles. The molecule has 0 atom stereocenters. The lowest BCUT2D eigenvalue weighted by Gasteiger charge is -2.38. The molecule has 5 nitrogen and oxygen atoms in total. The summed E-state index contributed by atoms with van der Waals surface area (Å²) in [5.41, 5.74) is 6.70. The smallest absolute Gasteiger partial charge is 0.193 e. The number of hydrogen-bond acceptors (Lipinski definition) is 3. The summed E-state index contributed by atoms with van der Waals surface area (Å²) in [6, 6.07) is 8.68. The summed E-state index contributed by atoms with van der Waals surface area (Å²) in [6.45, 7) is 11.4. The van der Waals surface area contributed by atoms with Gasteiger partial charge in [0.1, 0.15) is 0 Å². The van der Waals surface area contributed by atoms with Crippen LogP contribution in [0.15, 0.2) is 41.7 Å². The van der Waals surface area contributed by atoms with E-state index in [2.05, 4.69) is 70.1 Å². The Hall–Kier alpha value is -2.56. The van der Waals surface area contributed by atoms with E-state index in [9.17, 15) is 0 Å². The fourth-order valence-electron chi connectivity index (χ4n) is 3.66. The molecule has 0 unspecified atom stereocenters. The van der Waals surface area contributed by atoms with Crippen molar-refractivity contribution >= 4 is 11.6 Å². The van der Waals surface area contributed by atoms with Crippen LogP contribution in [0.4, 0.5) is 5.69 Å². The molecule has 0 amide bonds. The number of pyridine rings is 1. The summed E-state index contributed by atoms with van der Waals surface area (Å²) in [5, 5.41) is 3.53. The maximum atomic E-state index is 4.50. The van der Waals surface area contributed by atoms with Gasteiger partial charge in [-0.15, -0.1) is 0 Å². The number of hydrogen-bond donors (Lipinski definition) is 1. The van der Waals surface area contributed by atoms with Crippen LogP contribution in [0.3, 0.4) is 0 Å². The standard InChI is InChI=1S/C22H31N5/c1-17-6-5-7-21(19(17)3)26-12-14-27(15-13-26)22(23-4)25-11-9-20-8-10-24-16-18(20)2/h5-8,10,16H,9,11-15H2,1-4H3,(H,23,25). The molecule has 144 valence electrons. The lowest BCUT2D eigenvalue weighted by Crippen LogP contribution is -2.53. The van der Waals surface area contributed by atoms with Crippen molar-refractivity contribution in [2.75, 3.05) is 44.7 Å². The van der Waals surface area contributed by atoms with Gasteiger partial charge in [0.2, 0.25) is 0 Å². The first-order valence-corrected chi connectivity index (χ1v) is 9.76. The Bertz CT molecular complexity index is 791. The molecule has 0 bridgehead atoms. The van der Waals surface area contributed by atoms with Crippen molar-refractivity contribution in [2.45, 2.75) is 27.2 Å². The first kappa shape index (κ1) is 19.2. The van der Waals surface area contributed by atoms with Gasteiger partial charge in [-0.3, -0.25) is 9.98 Å². The Balaban J connectivity index is 1.53. The van der Waals surface area contributed by atoms with Crippen LogP contribution in [0.2, 0.25) is 0 Å². The minimum absolute atomic E-state index is 0.884. The molecule has 0 aliphatic carbocycles. The van der Waals surface area contributed by atoms with Gasteiger partial charge in [-0.25, -0.2) is 0 Å². The van der Waals surface area contributed by atoms with Crippen LogP contribution in [0, 0.1) is 20.8 Å². The maximum absolute atomic E-state index is 4.50. The van der Waals surface area contributed by atoms with Gasteiger partial charge in [0, 0.05) is 57.9 Å². The van der Waals surface area contributed by atoms with E-state index in [0.717, 1.165) is 45.1 Å². The molecule has 1 aliphatic rings. The van der Waals surface area contributed by atoms with Crippen molar-refractivity contribution in [3.05, 3.63) is 58.9 Å². The summed E-state index contributed by atoms with van der Waals surface area (Å²) in [4.78, 5) is 13.5. The Morgan fingerprint density at radius 1 is 1.07 bits per heavy atom. The van der Waals surface area contributed by atoms with Gasteiger partial charge in [0.05, 0.1) is 0 Å². The van der Waals surface area contributed by atoms with E-state index in [-0.39, 0.29) is 0 Å². The second-order valence-electron chi connectivity index (χ2n) is 7.22. The molecule has 0 spiro atoms. The number of benzene rings is 1. The van der Waals surface area contributed by atoms with E-state index in [1.165, 1.54) is 27.9 Å². The number of aliphatic imine (C=N–C) groups is 1. The van der Waals surface area contributed by atoms with Crippen LogP contribution in [0.1, 0.15) is 22.3 Å². The number of anilines is 1. The zero-order valence-corrected chi connectivity index (χ0v) is 17.0. The molecule has 1 saturated heterocycles. The molecule has 1 aliphatic heterocycles. The highest BCUT2D eigenvalue weighted by Crippen LogP contribution is 2.23. The first-order chi connectivity index (χ1) is 13.1. The summed E-state index contributed by atoms with van der Waals surface area (Å²) in [5.74, 6) is 1.00. The quantitative estimate of drug-likeness (QED) is 0.668. The van der Waals surface area contributed by atoms with Crippen LogP contribution in [-0.2, 0) is 6.42 Å². The lowest BCUT2D eigenvalue weighted by atomic mass is 10.1. The third-order valence-electron chi connectivity index (χ3n) is 5.52. The van der Waals surface area contributed by atoms with E-state index < -0.39 is 0 Å². The predicted molar refractivity (Wildman–Crippen MR) is 114 cm³/mol. The van der Waals surface area contributed by atoms with E-state index in [1.54, 1.807) is 0 Å². The fraction of sp³-hybridized carbons (Fsp3) is 0.455. The van der Waals surface area contributed by atoms with Gasteiger partial charge >= 0.3 is 0 Å². The number of nitrogens with one attached hydrogen (secondary N) is 1. The first-order valence-electron chi connectivity index (χ1n) is 9.76. The molecule has 27 heavy (non-hydrogen) atoms. The number of rotatable bonds is 4. The molecule has 1 fully saturated rings. The molecule has 5 heteroatoms. The number of guanidine groups is 1. The van der Waals surface area contributed by atoms with Gasteiger partial charge in [-0.1, -0.05) is 12.1 Å². The largest absolute Gasteiger partial charge is 0.368 e. The predicted octanol–water partition coefficient (Wildman–Crippen LogP) is 2.95. The Labute approximate surface area is 163 Å². The Morgan fingerprint density at radius 2 is 1.85 bits per heavy atom. The molecule has 1 N–H and O–H groups in total. The van der Waals surface area contributed by atoms with Gasteiger partial charge in [-0.2, -0.15) is 0 Å². The van der Waals surface area contributed by atoms with Crippen molar-refractivity contribution in [3.63, 3.8) is 0 Å². The lowest BCUT2D eigenvalue weighted by molar-refractivity contribution is 0.372. The van der Waals surface area contributed by atoms with E-state index in [1.807, 2.05) is 19.4 Å². The minimum atomic E-state index is 0.884. The summed E-state index contributed by atoms with van der Waals surface area (Å²) in [7, 11) is 1.87. The SMILES string of the molecule is CN=C(NCCc1ccncc1C)N1CCN(c2cccc(C)c2C)CC1. The molecule has 1 aromatic carbocycles. The summed E-state index contributed by atoms with van der Waals surface area (Å²) < 4.78 is 0. The van der Waals surface area contributed by atoms with Gasteiger partial charge < -0.3 is 15.1 Å². The zero-order valence-electron chi connectivity index (χ0n) is 17.0. The van der Waals surface area contributed by atoms with E-state index in [4.69, 9.17) is 0 Å². The summed E-state index contributed by atoms with van der Waals surface area (Å²) in [6.07, 6.45) is 4.77. The van der Waals surface area contributed by atoms with Crippen molar-refractivity contribution in [3.8, 4) is 0 Å². The van der Waals surface area contributed by atoms with Gasteiger partial charge in [-0.05, 0) is 61.6 Å². The monoisotopic (exact) mass is 365 g/mol. The number of aryl methyl sites for hydroxylation is 2. The van der Waals surface area contributed by atoms with E-state index in [0.29, 0.717) is 0 Å². The van der Waals surface area contributed by atoms with Crippen molar-refractivity contribution < 1.29 is 0 Å². The van der Waals surface area contributed by atoms with Crippen molar-refractivity contribution in [1.29, 1.82) is 0 Å². The van der Waals surface area contributed by atoms with E-state index >= 15 is 0 Å².